The van der Waals surface area contributed by atoms with Gasteiger partial charge in [0.25, 0.3) is 0 Å². The summed E-state index contributed by atoms with van der Waals surface area (Å²) in [6.45, 7) is 5.59. The Morgan fingerprint density at radius 3 is 2.88 bits per heavy atom. The third-order valence-corrected chi connectivity index (χ3v) is 6.20. The molecule has 0 unspecified atom stereocenters. The Balaban J connectivity index is 1.35. The number of aromatic nitrogens is 2. The standard InChI is InChI=1S/C19H29N5O/c1-13-14-4-2-3-5-15(14)24-17(23-13)11-21-18(25)16-10-19(12-22-16)6-8-20-9-7-19/h16,20,22H,2-12H2,1H3,(H,21,25)/t16-/m1/s1. The summed E-state index contributed by atoms with van der Waals surface area (Å²) in [7, 11) is 0. The van der Waals surface area contributed by atoms with Crippen LogP contribution in [0.5, 0.6) is 0 Å². The molecular weight excluding hydrogens is 314 g/mol. The lowest BCUT2D eigenvalue weighted by atomic mass is 9.77. The van der Waals surface area contributed by atoms with Crippen molar-refractivity contribution in [3.8, 4) is 0 Å². The number of hydrogen-bond acceptors (Lipinski definition) is 5. The molecule has 3 heterocycles. The highest BCUT2D eigenvalue weighted by atomic mass is 16.2. The third-order valence-electron chi connectivity index (χ3n) is 6.20. The van der Waals surface area contributed by atoms with Gasteiger partial charge in [0.2, 0.25) is 5.91 Å². The van der Waals surface area contributed by atoms with Crippen LogP contribution in [0.25, 0.3) is 0 Å². The van der Waals surface area contributed by atoms with Crippen molar-refractivity contribution in [2.45, 2.75) is 64.5 Å². The lowest BCUT2D eigenvalue weighted by Crippen LogP contribution is -2.40. The highest BCUT2D eigenvalue weighted by molar-refractivity contribution is 5.82. The molecule has 25 heavy (non-hydrogen) atoms. The van der Waals surface area contributed by atoms with Crippen LogP contribution in [-0.4, -0.2) is 41.6 Å². The first-order valence-corrected chi connectivity index (χ1v) is 9.72. The summed E-state index contributed by atoms with van der Waals surface area (Å²) in [5, 5.41) is 9.90. The second kappa shape index (κ2) is 7.00. The van der Waals surface area contributed by atoms with Gasteiger partial charge < -0.3 is 16.0 Å². The predicted octanol–water partition coefficient (Wildman–Crippen LogP) is 1.01. The van der Waals surface area contributed by atoms with Crippen molar-refractivity contribution in [2.75, 3.05) is 19.6 Å². The van der Waals surface area contributed by atoms with Crippen LogP contribution in [0.3, 0.4) is 0 Å². The molecule has 3 N–H and O–H groups in total. The molecular formula is C19H29N5O. The van der Waals surface area contributed by atoms with E-state index >= 15 is 0 Å². The Labute approximate surface area is 149 Å². The Kier molecular flexibility index (Phi) is 4.73. The van der Waals surface area contributed by atoms with Crippen molar-refractivity contribution in [2.24, 2.45) is 5.41 Å². The lowest BCUT2D eigenvalue weighted by molar-refractivity contribution is -0.123. The number of nitrogens with one attached hydrogen (secondary N) is 3. The molecule has 0 radical (unpaired) electrons. The van der Waals surface area contributed by atoms with Gasteiger partial charge in [0.15, 0.2) is 0 Å². The minimum atomic E-state index is -0.0724. The lowest BCUT2D eigenvalue weighted by Gasteiger charge is -2.33. The van der Waals surface area contributed by atoms with Crippen LogP contribution in [0, 0.1) is 12.3 Å². The van der Waals surface area contributed by atoms with Crippen molar-refractivity contribution in [3.63, 3.8) is 0 Å². The summed E-state index contributed by atoms with van der Waals surface area (Å²) >= 11 is 0. The molecule has 0 bridgehead atoms. The van der Waals surface area contributed by atoms with Crippen LogP contribution in [0.2, 0.25) is 0 Å². The van der Waals surface area contributed by atoms with Gasteiger partial charge in [0, 0.05) is 17.9 Å². The number of piperidine rings is 1. The fraction of sp³-hybridized carbons (Fsp3) is 0.737. The zero-order valence-corrected chi connectivity index (χ0v) is 15.2. The maximum Gasteiger partial charge on any atom is 0.237 e. The van der Waals surface area contributed by atoms with Gasteiger partial charge in [-0.3, -0.25) is 4.79 Å². The SMILES string of the molecule is Cc1nc(CNC(=O)[C@H]2CC3(CCNCC3)CN2)nc2c1CCCC2. The van der Waals surface area contributed by atoms with Crippen molar-refractivity contribution >= 4 is 5.91 Å². The molecule has 1 spiro atoms. The van der Waals surface area contributed by atoms with Gasteiger partial charge in [-0.1, -0.05) is 0 Å². The monoisotopic (exact) mass is 343 g/mol. The van der Waals surface area contributed by atoms with E-state index in [0.29, 0.717) is 12.0 Å². The molecule has 1 aromatic rings. The van der Waals surface area contributed by atoms with Gasteiger partial charge in [0.1, 0.15) is 5.82 Å². The van der Waals surface area contributed by atoms with Gasteiger partial charge in [-0.2, -0.15) is 0 Å². The molecule has 1 amide bonds. The van der Waals surface area contributed by atoms with E-state index in [1.807, 2.05) is 0 Å². The first-order valence-electron chi connectivity index (χ1n) is 9.72. The Bertz CT molecular complexity index is 653. The molecule has 2 aliphatic heterocycles. The van der Waals surface area contributed by atoms with Crippen LogP contribution < -0.4 is 16.0 Å². The molecule has 6 nitrogen and oxygen atoms in total. The summed E-state index contributed by atoms with van der Waals surface area (Å²) in [5.41, 5.74) is 3.91. The third kappa shape index (κ3) is 3.55. The van der Waals surface area contributed by atoms with Gasteiger partial charge >= 0.3 is 0 Å². The molecule has 2 saturated heterocycles. The largest absolute Gasteiger partial charge is 0.347 e. The highest BCUT2D eigenvalue weighted by Gasteiger charge is 2.42. The second-order valence-electron chi connectivity index (χ2n) is 7.96. The topological polar surface area (TPSA) is 78.9 Å². The number of hydrogen-bond donors (Lipinski definition) is 3. The highest BCUT2D eigenvalue weighted by Crippen LogP contribution is 2.37. The van der Waals surface area contributed by atoms with Crippen molar-refractivity contribution in [1.29, 1.82) is 0 Å². The zero-order chi connectivity index (χ0) is 17.3. The summed E-state index contributed by atoms with van der Waals surface area (Å²) in [5.74, 6) is 0.843. The van der Waals surface area contributed by atoms with Crippen molar-refractivity contribution < 1.29 is 4.79 Å². The second-order valence-corrected chi connectivity index (χ2v) is 7.96. The Morgan fingerprint density at radius 1 is 1.24 bits per heavy atom. The summed E-state index contributed by atoms with van der Waals surface area (Å²) in [6.07, 6.45) is 7.85. The first kappa shape index (κ1) is 16.9. The van der Waals surface area contributed by atoms with Gasteiger partial charge in [0.05, 0.1) is 12.6 Å². The van der Waals surface area contributed by atoms with Gasteiger partial charge in [-0.05, 0) is 75.9 Å². The van der Waals surface area contributed by atoms with Crippen molar-refractivity contribution in [1.82, 2.24) is 25.9 Å². The molecule has 1 atom stereocenters. The quantitative estimate of drug-likeness (QED) is 0.763. The number of rotatable bonds is 3. The van der Waals surface area contributed by atoms with Crippen LogP contribution >= 0.6 is 0 Å². The number of nitrogens with zero attached hydrogens (tertiary/aromatic N) is 2. The smallest absolute Gasteiger partial charge is 0.237 e. The van der Waals surface area contributed by atoms with E-state index in [9.17, 15) is 4.79 Å². The average molecular weight is 343 g/mol. The minimum Gasteiger partial charge on any atom is -0.347 e. The van der Waals surface area contributed by atoms with Gasteiger partial charge in [-0.15, -0.1) is 0 Å². The number of carbonyl (C=O) groups excluding carboxylic acids is 1. The van der Waals surface area contributed by atoms with E-state index < -0.39 is 0 Å². The maximum atomic E-state index is 12.6. The number of aryl methyl sites for hydroxylation is 2. The fourth-order valence-corrected chi connectivity index (χ4v) is 4.65. The molecule has 4 rings (SSSR count). The zero-order valence-electron chi connectivity index (χ0n) is 15.2. The molecule has 136 valence electrons. The van der Waals surface area contributed by atoms with Crippen LogP contribution in [0.1, 0.15) is 54.9 Å². The average Bonchev–Trinajstić information content (AvgIpc) is 3.04. The van der Waals surface area contributed by atoms with E-state index in [1.54, 1.807) is 0 Å². The Morgan fingerprint density at radius 2 is 2.04 bits per heavy atom. The molecule has 0 saturated carbocycles. The number of fused-ring (bicyclic) bond motifs is 1. The van der Waals surface area contributed by atoms with E-state index in [4.69, 9.17) is 4.98 Å². The van der Waals surface area contributed by atoms with Crippen LogP contribution in [-0.2, 0) is 24.2 Å². The molecule has 2 fully saturated rings. The van der Waals surface area contributed by atoms with E-state index in [-0.39, 0.29) is 11.9 Å². The van der Waals surface area contributed by atoms with Crippen LogP contribution in [0.4, 0.5) is 0 Å². The van der Waals surface area contributed by atoms with Crippen LogP contribution in [0.15, 0.2) is 0 Å². The predicted molar refractivity (Wildman–Crippen MR) is 96.2 cm³/mol. The molecule has 1 aliphatic carbocycles. The van der Waals surface area contributed by atoms with E-state index in [1.165, 1.54) is 24.1 Å². The Hall–Kier alpha value is -1.53. The normalized spacial score (nSPS) is 24.9. The van der Waals surface area contributed by atoms with Gasteiger partial charge in [-0.25, -0.2) is 9.97 Å². The van der Waals surface area contributed by atoms with Crippen molar-refractivity contribution in [3.05, 3.63) is 22.8 Å². The first-order chi connectivity index (χ1) is 12.2. The van der Waals surface area contributed by atoms with E-state index in [2.05, 4.69) is 27.9 Å². The molecule has 1 aromatic heterocycles. The maximum absolute atomic E-state index is 12.6. The van der Waals surface area contributed by atoms with E-state index in [0.717, 1.165) is 63.3 Å². The molecule has 6 heteroatoms. The number of carbonyl (C=O) groups is 1. The number of amides is 1. The molecule has 0 aromatic carbocycles. The minimum absolute atomic E-state index is 0.0724. The molecule has 3 aliphatic rings. The fourth-order valence-electron chi connectivity index (χ4n) is 4.65. The summed E-state index contributed by atoms with van der Waals surface area (Å²) < 4.78 is 0. The summed E-state index contributed by atoms with van der Waals surface area (Å²) in [6, 6.07) is -0.0724. The summed E-state index contributed by atoms with van der Waals surface area (Å²) in [4.78, 5) is 21.9.